The topological polar surface area (TPSA) is 56.3 Å². The summed E-state index contributed by atoms with van der Waals surface area (Å²) in [6, 6.07) is 14.1. The van der Waals surface area contributed by atoms with Crippen LogP contribution in [0.5, 0.6) is 11.5 Å². The summed E-state index contributed by atoms with van der Waals surface area (Å²) in [7, 11) is 0. The number of halogens is 1. The number of rotatable bonds is 3. The molecule has 0 radical (unpaired) electrons. The first-order valence-corrected chi connectivity index (χ1v) is 10.1. The molecule has 0 atom stereocenters. The summed E-state index contributed by atoms with van der Waals surface area (Å²) < 4.78 is 12.3. The maximum Gasteiger partial charge on any atom is 0.163 e. The zero-order valence-corrected chi connectivity index (χ0v) is 16.5. The molecule has 1 N–H and O–H groups in total. The van der Waals surface area contributed by atoms with E-state index in [0.717, 1.165) is 48.8 Å². The van der Waals surface area contributed by atoms with Crippen molar-refractivity contribution < 1.29 is 9.47 Å². The fourth-order valence-electron chi connectivity index (χ4n) is 3.07. The highest BCUT2D eigenvalue weighted by atomic mass is 79.9. The van der Waals surface area contributed by atoms with Gasteiger partial charge in [-0.2, -0.15) is 0 Å². The SMILES string of the molecule is Brc1ccc(-c2csc3ncnc(Nc4ccc5c(c4)OCCO5)c23)cc1. The van der Waals surface area contributed by atoms with E-state index in [4.69, 9.17) is 9.47 Å². The van der Waals surface area contributed by atoms with Crippen LogP contribution in [0, 0.1) is 0 Å². The summed E-state index contributed by atoms with van der Waals surface area (Å²) in [5.41, 5.74) is 3.14. The largest absolute Gasteiger partial charge is 0.486 e. The zero-order chi connectivity index (χ0) is 18.2. The van der Waals surface area contributed by atoms with Crippen LogP contribution >= 0.6 is 27.3 Å². The standard InChI is InChI=1S/C20H14BrN3O2S/c21-13-3-1-12(2-4-13)15-10-27-20-18(15)19(22-11-23-20)24-14-5-6-16-17(9-14)26-8-7-25-16/h1-6,9-11H,7-8H2,(H,22,23,24). The second-order valence-corrected chi connectivity index (χ2v) is 7.82. The average molecular weight is 440 g/mol. The number of nitrogens with one attached hydrogen (secondary N) is 1. The van der Waals surface area contributed by atoms with E-state index in [1.165, 1.54) is 0 Å². The lowest BCUT2D eigenvalue weighted by Gasteiger charge is -2.19. The first kappa shape index (κ1) is 16.5. The Hall–Kier alpha value is -2.64. The number of ether oxygens (including phenoxy) is 2. The number of aromatic nitrogens is 2. The third-order valence-electron chi connectivity index (χ3n) is 4.33. The zero-order valence-electron chi connectivity index (χ0n) is 14.1. The predicted octanol–water partition coefficient (Wildman–Crippen LogP) is 5.64. The molecule has 2 aromatic carbocycles. The van der Waals surface area contributed by atoms with Crippen LogP contribution in [0.3, 0.4) is 0 Å². The van der Waals surface area contributed by atoms with Gasteiger partial charge in [-0.15, -0.1) is 11.3 Å². The predicted molar refractivity (Wildman–Crippen MR) is 111 cm³/mol. The van der Waals surface area contributed by atoms with Crippen molar-refractivity contribution >= 4 is 49.0 Å². The van der Waals surface area contributed by atoms with Crippen LogP contribution in [0.2, 0.25) is 0 Å². The number of anilines is 2. The highest BCUT2D eigenvalue weighted by Crippen LogP contribution is 2.39. The Morgan fingerprint density at radius 3 is 2.63 bits per heavy atom. The Morgan fingerprint density at radius 2 is 1.78 bits per heavy atom. The van der Waals surface area contributed by atoms with Crippen molar-refractivity contribution in [2.45, 2.75) is 0 Å². The lowest BCUT2D eigenvalue weighted by molar-refractivity contribution is 0.171. The lowest BCUT2D eigenvalue weighted by atomic mass is 10.1. The molecule has 3 heterocycles. The van der Waals surface area contributed by atoms with Crippen molar-refractivity contribution in [1.82, 2.24) is 9.97 Å². The summed E-state index contributed by atoms with van der Waals surface area (Å²) in [6.07, 6.45) is 1.59. The number of benzene rings is 2. The normalized spacial score (nSPS) is 12.9. The lowest BCUT2D eigenvalue weighted by Crippen LogP contribution is -2.15. The van der Waals surface area contributed by atoms with Crippen molar-refractivity contribution in [1.29, 1.82) is 0 Å². The van der Waals surface area contributed by atoms with Gasteiger partial charge in [-0.25, -0.2) is 9.97 Å². The van der Waals surface area contributed by atoms with Crippen molar-refractivity contribution in [3.05, 3.63) is 58.6 Å². The molecule has 0 saturated carbocycles. The van der Waals surface area contributed by atoms with Crippen LogP contribution in [0.1, 0.15) is 0 Å². The Morgan fingerprint density at radius 1 is 0.963 bits per heavy atom. The maximum atomic E-state index is 5.68. The Bertz CT molecular complexity index is 1130. The first-order chi connectivity index (χ1) is 13.3. The molecule has 0 bridgehead atoms. The van der Waals surface area contributed by atoms with Gasteiger partial charge in [0.15, 0.2) is 11.5 Å². The van der Waals surface area contributed by atoms with Crippen molar-refractivity contribution in [3.63, 3.8) is 0 Å². The number of fused-ring (bicyclic) bond motifs is 2. The van der Waals surface area contributed by atoms with Gasteiger partial charge in [-0.3, -0.25) is 0 Å². The van der Waals surface area contributed by atoms with Gasteiger partial charge in [0.05, 0.1) is 5.39 Å². The third-order valence-corrected chi connectivity index (χ3v) is 5.75. The van der Waals surface area contributed by atoms with E-state index in [2.05, 4.69) is 48.7 Å². The van der Waals surface area contributed by atoms with Gasteiger partial charge in [0, 0.05) is 27.2 Å². The van der Waals surface area contributed by atoms with Gasteiger partial charge in [-0.05, 0) is 29.8 Å². The molecule has 0 amide bonds. The van der Waals surface area contributed by atoms with Crippen molar-refractivity contribution in [2.24, 2.45) is 0 Å². The molecule has 1 aliphatic rings. The molecule has 0 unspecified atom stereocenters. The molecule has 27 heavy (non-hydrogen) atoms. The van der Waals surface area contributed by atoms with E-state index in [-0.39, 0.29) is 0 Å². The first-order valence-electron chi connectivity index (χ1n) is 8.43. The van der Waals surface area contributed by atoms with E-state index >= 15 is 0 Å². The fraction of sp³-hybridized carbons (Fsp3) is 0.100. The van der Waals surface area contributed by atoms with Gasteiger partial charge in [-0.1, -0.05) is 28.1 Å². The molecule has 0 fully saturated rings. The van der Waals surface area contributed by atoms with Crippen LogP contribution < -0.4 is 14.8 Å². The molecule has 4 aromatic rings. The molecular formula is C20H14BrN3O2S. The monoisotopic (exact) mass is 439 g/mol. The molecular weight excluding hydrogens is 426 g/mol. The molecule has 134 valence electrons. The second kappa shape index (κ2) is 6.83. The van der Waals surface area contributed by atoms with Gasteiger partial charge < -0.3 is 14.8 Å². The summed E-state index contributed by atoms with van der Waals surface area (Å²) in [5.74, 6) is 2.29. The second-order valence-electron chi connectivity index (χ2n) is 6.04. The number of hydrogen-bond donors (Lipinski definition) is 1. The Kier molecular flexibility index (Phi) is 4.18. The van der Waals surface area contributed by atoms with Crippen LogP contribution in [-0.2, 0) is 0 Å². The molecule has 0 saturated heterocycles. The van der Waals surface area contributed by atoms with Crippen molar-refractivity contribution in [3.8, 4) is 22.6 Å². The summed E-state index contributed by atoms with van der Waals surface area (Å²) in [5, 5.41) is 6.55. The smallest absolute Gasteiger partial charge is 0.163 e. The Balaban J connectivity index is 1.57. The molecule has 0 aliphatic carbocycles. The van der Waals surface area contributed by atoms with Gasteiger partial charge in [0.1, 0.15) is 30.2 Å². The molecule has 7 heteroatoms. The summed E-state index contributed by atoms with van der Waals surface area (Å²) >= 11 is 5.10. The van der Waals surface area contributed by atoms with Gasteiger partial charge in [0.25, 0.3) is 0 Å². The van der Waals surface area contributed by atoms with E-state index in [1.54, 1.807) is 17.7 Å². The minimum Gasteiger partial charge on any atom is -0.486 e. The maximum absolute atomic E-state index is 5.68. The van der Waals surface area contributed by atoms with Gasteiger partial charge in [0.2, 0.25) is 0 Å². The Labute approximate surface area is 168 Å². The molecule has 0 spiro atoms. The number of hydrogen-bond acceptors (Lipinski definition) is 6. The number of nitrogens with zero attached hydrogens (tertiary/aromatic N) is 2. The third kappa shape index (κ3) is 3.13. The van der Waals surface area contributed by atoms with Crippen LogP contribution in [-0.4, -0.2) is 23.2 Å². The molecule has 5 nitrogen and oxygen atoms in total. The summed E-state index contributed by atoms with van der Waals surface area (Å²) in [4.78, 5) is 9.87. The fourth-order valence-corrected chi connectivity index (χ4v) is 4.25. The van der Waals surface area contributed by atoms with Crippen LogP contribution in [0.25, 0.3) is 21.3 Å². The minimum atomic E-state index is 0.562. The van der Waals surface area contributed by atoms with Gasteiger partial charge >= 0.3 is 0 Å². The highest BCUT2D eigenvalue weighted by Gasteiger charge is 2.15. The minimum absolute atomic E-state index is 0.562. The molecule has 5 rings (SSSR count). The quantitative estimate of drug-likeness (QED) is 0.447. The molecule has 1 aliphatic heterocycles. The van der Waals surface area contributed by atoms with E-state index in [9.17, 15) is 0 Å². The average Bonchev–Trinajstić information content (AvgIpc) is 3.14. The molecule has 2 aromatic heterocycles. The van der Waals surface area contributed by atoms with E-state index in [0.29, 0.717) is 13.2 Å². The number of thiophene rings is 1. The van der Waals surface area contributed by atoms with E-state index < -0.39 is 0 Å². The van der Waals surface area contributed by atoms with Crippen molar-refractivity contribution in [2.75, 3.05) is 18.5 Å². The van der Waals surface area contributed by atoms with Crippen LogP contribution in [0.15, 0.2) is 58.6 Å². The van der Waals surface area contributed by atoms with E-state index in [1.807, 2.05) is 30.3 Å². The summed E-state index contributed by atoms with van der Waals surface area (Å²) in [6.45, 7) is 1.14. The highest BCUT2D eigenvalue weighted by molar-refractivity contribution is 9.10. The van der Waals surface area contributed by atoms with Crippen LogP contribution in [0.4, 0.5) is 11.5 Å².